The standard InChI is InChI=1S/C13H16N2O4/c1-13(2,3)19-12(18)15-10(14)8-5-4-6-9(7-8)11(16)17/h4-7H,1-3H3,(H,16,17)(H2,14,15,18). The first-order chi connectivity index (χ1) is 8.69. The fourth-order valence-electron chi connectivity index (χ4n) is 1.29. The van der Waals surface area contributed by atoms with Gasteiger partial charge < -0.3 is 9.84 Å². The second kappa shape index (κ2) is 5.51. The van der Waals surface area contributed by atoms with Crippen molar-refractivity contribution in [2.24, 2.45) is 0 Å². The molecule has 102 valence electrons. The Bertz CT molecular complexity index is 518. The van der Waals surface area contributed by atoms with E-state index in [1.165, 1.54) is 24.3 Å². The second-order valence-corrected chi connectivity index (χ2v) is 4.89. The Balaban J connectivity index is 2.76. The van der Waals surface area contributed by atoms with E-state index in [4.69, 9.17) is 15.3 Å². The molecule has 1 aromatic rings. The number of carbonyl (C=O) groups excluding carboxylic acids is 1. The molecule has 0 saturated heterocycles. The summed E-state index contributed by atoms with van der Waals surface area (Å²) in [6.45, 7) is 5.13. The van der Waals surface area contributed by atoms with Crippen LogP contribution in [-0.2, 0) is 4.74 Å². The van der Waals surface area contributed by atoms with Crippen LogP contribution in [0.1, 0.15) is 36.7 Å². The summed E-state index contributed by atoms with van der Waals surface area (Å²) in [5.74, 6) is -1.30. The molecule has 0 unspecified atom stereocenters. The van der Waals surface area contributed by atoms with Gasteiger partial charge in [0.25, 0.3) is 0 Å². The van der Waals surface area contributed by atoms with Crippen LogP contribution in [0.3, 0.4) is 0 Å². The van der Waals surface area contributed by atoms with Gasteiger partial charge in [0.2, 0.25) is 0 Å². The molecule has 0 atom stereocenters. The van der Waals surface area contributed by atoms with Gasteiger partial charge in [0, 0.05) is 5.56 Å². The third-order valence-electron chi connectivity index (χ3n) is 2.02. The maximum Gasteiger partial charge on any atom is 0.413 e. The molecule has 0 heterocycles. The number of ether oxygens (including phenoxy) is 1. The van der Waals surface area contributed by atoms with Crippen molar-refractivity contribution in [3.8, 4) is 0 Å². The highest BCUT2D eigenvalue weighted by molar-refractivity contribution is 6.05. The molecule has 6 nitrogen and oxygen atoms in total. The predicted molar refractivity (Wildman–Crippen MR) is 69.6 cm³/mol. The van der Waals surface area contributed by atoms with Gasteiger partial charge in [0.05, 0.1) is 5.56 Å². The molecule has 0 aliphatic carbocycles. The molecule has 0 radical (unpaired) electrons. The number of benzene rings is 1. The van der Waals surface area contributed by atoms with Crippen molar-refractivity contribution in [3.63, 3.8) is 0 Å². The number of carboxylic acid groups (broad SMARTS) is 1. The Morgan fingerprint density at radius 3 is 2.37 bits per heavy atom. The number of aromatic carboxylic acids is 1. The van der Waals surface area contributed by atoms with E-state index in [2.05, 4.69) is 5.32 Å². The zero-order valence-corrected chi connectivity index (χ0v) is 11.0. The third-order valence-corrected chi connectivity index (χ3v) is 2.02. The molecular weight excluding hydrogens is 248 g/mol. The van der Waals surface area contributed by atoms with Gasteiger partial charge in [-0.3, -0.25) is 10.7 Å². The molecule has 0 spiro atoms. The van der Waals surface area contributed by atoms with Gasteiger partial charge in [0.1, 0.15) is 11.4 Å². The second-order valence-electron chi connectivity index (χ2n) is 4.89. The number of hydrogen-bond donors (Lipinski definition) is 3. The molecular formula is C13H16N2O4. The first-order valence-corrected chi connectivity index (χ1v) is 5.61. The van der Waals surface area contributed by atoms with E-state index in [0.717, 1.165) is 0 Å². The summed E-state index contributed by atoms with van der Waals surface area (Å²) in [7, 11) is 0. The summed E-state index contributed by atoms with van der Waals surface area (Å²) in [5, 5.41) is 18.8. The lowest BCUT2D eigenvalue weighted by Crippen LogP contribution is -2.36. The van der Waals surface area contributed by atoms with Gasteiger partial charge in [-0.25, -0.2) is 9.59 Å². The SMILES string of the molecule is CC(C)(C)OC(=O)NC(=N)c1cccc(C(=O)O)c1. The van der Waals surface area contributed by atoms with Crippen LogP contribution in [0.5, 0.6) is 0 Å². The molecule has 19 heavy (non-hydrogen) atoms. The maximum atomic E-state index is 11.5. The first kappa shape index (κ1) is 14.7. The molecule has 0 aromatic heterocycles. The molecule has 0 aliphatic rings. The molecule has 0 saturated carbocycles. The van der Waals surface area contributed by atoms with E-state index in [1.807, 2.05) is 0 Å². The summed E-state index contributed by atoms with van der Waals surface area (Å²) in [4.78, 5) is 22.3. The lowest BCUT2D eigenvalue weighted by molar-refractivity contribution is 0.0562. The third kappa shape index (κ3) is 4.79. The number of amidine groups is 1. The number of alkyl carbamates (subject to hydrolysis) is 1. The summed E-state index contributed by atoms with van der Waals surface area (Å²) in [6.07, 6.45) is -0.752. The molecule has 3 N–H and O–H groups in total. The number of carbonyl (C=O) groups is 2. The lowest BCUT2D eigenvalue weighted by atomic mass is 10.1. The van der Waals surface area contributed by atoms with Crippen LogP contribution in [0, 0.1) is 5.41 Å². The lowest BCUT2D eigenvalue weighted by Gasteiger charge is -2.19. The van der Waals surface area contributed by atoms with Crippen molar-refractivity contribution < 1.29 is 19.4 Å². The van der Waals surface area contributed by atoms with Crippen molar-refractivity contribution in [3.05, 3.63) is 35.4 Å². The van der Waals surface area contributed by atoms with Crippen molar-refractivity contribution >= 4 is 17.9 Å². The molecule has 1 amide bonds. The number of amides is 1. The van der Waals surface area contributed by atoms with Gasteiger partial charge in [-0.2, -0.15) is 0 Å². The quantitative estimate of drug-likeness (QED) is 0.563. The van der Waals surface area contributed by atoms with E-state index >= 15 is 0 Å². The highest BCUT2D eigenvalue weighted by Crippen LogP contribution is 2.08. The van der Waals surface area contributed by atoms with Crippen LogP contribution < -0.4 is 5.32 Å². The van der Waals surface area contributed by atoms with Gasteiger partial charge >= 0.3 is 12.1 Å². The average Bonchev–Trinajstić information content (AvgIpc) is 2.26. The normalized spacial score (nSPS) is 10.7. The summed E-state index contributed by atoms with van der Waals surface area (Å²) < 4.78 is 5.00. The van der Waals surface area contributed by atoms with E-state index in [-0.39, 0.29) is 11.4 Å². The van der Waals surface area contributed by atoms with Crippen LogP contribution in [0.4, 0.5) is 4.79 Å². The minimum Gasteiger partial charge on any atom is -0.478 e. The van der Waals surface area contributed by atoms with Crippen molar-refractivity contribution in [1.82, 2.24) is 5.32 Å². The van der Waals surface area contributed by atoms with Crippen LogP contribution in [0.15, 0.2) is 24.3 Å². The minimum atomic E-state index is -1.09. The zero-order valence-electron chi connectivity index (χ0n) is 11.0. The van der Waals surface area contributed by atoms with E-state index in [1.54, 1.807) is 20.8 Å². The Kier molecular flexibility index (Phi) is 4.26. The average molecular weight is 264 g/mol. The first-order valence-electron chi connectivity index (χ1n) is 5.61. The predicted octanol–water partition coefficient (Wildman–Crippen LogP) is 2.23. The fourth-order valence-corrected chi connectivity index (χ4v) is 1.29. The molecule has 0 fully saturated rings. The van der Waals surface area contributed by atoms with Crippen LogP contribution >= 0.6 is 0 Å². The van der Waals surface area contributed by atoms with E-state index < -0.39 is 17.7 Å². The monoisotopic (exact) mass is 264 g/mol. The molecule has 0 aliphatic heterocycles. The number of rotatable bonds is 2. The van der Waals surface area contributed by atoms with E-state index in [0.29, 0.717) is 5.56 Å². The number of carboxylic acids is 1. The summed E-state index contributed by atoms with van der Waals surface area (Å²) in [5.41, 5.74) is -0.313. The Labute approximate surface area is 110 Å². The Morgan fingerprint density at radius 1 is 1.26 bits per heavy atom. The van der Waals surface area contributed by atoms with Gasteiger partial charge in [0.15, 0.2) is 0 Å². The van der Waals surface area contributed by atoms with Gasteiger partial charge in [-0.1, -0.05) is 12.1 Å². The van der Waals surface area contributed by atoms with Crippen LogP contribution in [-0.4, -0.2) is 28.6 Å². The smallest absolute Gasteiger partial charge is 0.413 e. The van der Waals surface area contributed by atoms with Crippen LogP contribution in [0.25, 0.3) is 0 Å². The summed E-state index contributed by atoms with van der Waals surface area (Å²) in [6, 6.07) is 5.75. The van der Waals surface area contributed by atoms with E-state index in [9.17, 15) is 9.59 Å². The van der Waals surface area contributed by atoms with Gasteiger partial charge in [-0.15, -0.1) is 0 Å². The Hall–Kier alpha value is -2.37. The number of hydrogen-bond acceptors (Lipinski definition) is 4. The molecule has 6 heteroatoms. The fraction of sp³-hybridized carbons (Fsp3) is 0.308. The van der Waals surface area contributed by atoms with Crippen molar-refractivity contribution in [2.45, 2.75) is 26.4 Å². The Morgan fingerprint density at radius 2 is 1.84 bits per heavy atom. The number of nitrogens with one attached hydrogen (secondary N) is 2. The molecule has 0 bridgehead atoms. The molecule has 1 aromatic carbocycles. The zero-order chi connectivity index (χ0) is 14.6. The highest BCUT2D eigenvalue weighted by atomic mass is 16.6. The largest absolute Gasteiger partial charge is 0.478 e. The molecule has 1 rings (SSSR count). The highest BCUT2D eigenvalue weighted by Gasteiger charge is 2.17. The summed E-state index contributed by atoms with van der Waals surface area (Å²) >= 11 is 0. The minimum absolute atomic E-state index is 0.0493. The topological polar surface area (TPSA) is 99.5 Å². The van der Waals surface area contributed by atoms with Crippen molar-refractivity contribution in [2.75, 3.05) is 0 Å². The maximum absolute atomic E-state index is 11.5. The van der Waals surface area contributed by atoms with Crippen molar-refractivity contribution in [1.29, 1.82) is 5.41 Å². The van der Waals surface area contributed by atoms with Gasteiger partial charge in [-0.05, 0) is 32.9 Å². The van der Waals surface area contributed by atoms with Crippen LogP contribution in [0.2, 0.25) is 0 Å².